The van der Waals surface area contributed by atoms with E-state index in [1.165, 1.54) is 6.08 Å². The molecule has 1 aromatic carbocycles. The van der Waals surface area contributed by atoms with Gasteiger partial charge in [0.2, 0.25) is 0 Å². The van der Waals surface area contributed by atoms with Crippen LogP contribution >= 0.6 is 11.6 Å². The third kappa shape index (κ3) is 4.11. The number of aromatic nitrogens is 2. The summed E-state index contributed by atoms with van der Waals surface area (Å²) in [6.45, 7) is 6.10. The Morgan fingerprint density at radius 3 is 2.74 bits per heavy atom. The first-order valence-electron chi connectivity index (χ1n) is 10.7. The van der Waals surface area contributed by atoms with Gasteiger partial charge in [-0.15, -0.1) is 0 Å². The summed E-state index contributed by atoms with van der Waals surface area (Å²) in [6.07, 6.45) is 10.5. The monoisotopic (exact) mass is 439 g/mol. The van der Waals surface area contributed by atoms with Crippen molar-refractivity contribution in [3.63, 3.8) is 0 Å². The van der Waals surface area contributed by atoms with Crippen molar-refractivity contribution in [2.75, 3.05) is 7.05 Å². The maximum absolute atomic E-state index is 13.9. The number of aliphatic imine (C=N–C) groups is 1. The summed E-state index contributed by atoms with van der Waals surface area (Å²) in [5.74, 6) is 0.426. The summed E-state index contributed by atoms with van der Waals surface area (Å²) >= 11 is 6.07. The fourth-order valence-corrected chi connectivity index (χ4v) is 5.11. The quantitative estimate of drug-likeness (QED) is 0.594. The van der Waals surface area contributed by atoms with Crippen LogP contribution in [0.2, 0.25) is 5.02 Å². The van der Waals surface area contributed by atoms with Crippen molar-refractivity contribution >= 4 is 28.2 Å². The molecular weight excluding hydrogens is 413 g/mol. The highest BCUT2D eigenvalue weighted by molar-refractivity contribution is 6.31. The predicted octanol–water partition coefficient (Wildman–Crippen LogP) is 6.33. The van der Waals surface area contributed by atoms with Crippen LogP contribution in [0.25, 0.3) is 10.9 Å². The number of hydrogen-bond donors (Lipinski definition) is 1. The molecule has 2 aromatic rings. The number of halogens is 2. The highest BCUT2D eigenvalue weighted by Crippen LogP contribution is 2.40. The van der Waals surface area contributed by atoms with Gasteiger partial charge in [-0.3, -0.25) is 14.9 Å². The fraction of sp³-hybridized carbons (Fsp3) is 0.360. The van der Waals surface area contributed by atoms with Crippen LogP contribution in [-0.4, -0.2) is 22.5 Å². The predicted molar refractivity (Wildman–Crippen MR) is 127 cm³/mol. The number of fused-ring (bicyclic) bond motifs is 1. The smallest absolute Gasteiger partial charge is 0.274 e. The van der Waals surface area contributed by atoms with Crippen LogP contribution in [0.3, 0.4) is 0 Å². The zero-order valence-electron chi connectivity index (χ0n) is 17.9. The fourth-order valence-electron chi connectivity index (χ4n) is 4.94. The summed E-state index contributed by atoms with van der Waals surface area (Å²) in [7, 11) is 1.72. The van der Waals surface area contributed by atoms with Gasteiger partial charge < -0.3 is 0 Å². The van der Waals surface area contributed by atoms with Gasteiger partial charge >= 0.3 is 0 Å². The van der Waals surface area contributed by atoms with Gasteiger partial charge in [0.05, 0.1) is 22.7 Å². The average Bonchev–Trinajstić information content (AvgIpc) is 3.10. The third-order valence-electron chi connectivity index (χ3n) is 6.70. The van der Waals surface area contributed by atoms with Crippen molar-refractivity contribution in [1.82, 2.24) is 9.78 Å². The summed E-state index contributed by atoms with van der Waals surface area (Å²) in [6, 6.07) is 5.41. The minimum absolute atomic E-state index is 0.0283. The highest BCUT2D eigenvalue weighted by Gasteiger charge is 2.30. The largest absolute Gasteiger partial charge is 0.295 e. The van der Waals surface area contributed by atoms with E-state index in [1.54, 1.807) is 36.0 Å². The van der Waals surface area contributed by atoms with Crippen LogP contribution < -0.4 is 5.56 Å². The molecule has 4 nitrogen and oxygen atoms in total. The second kappa shape index (κ2) is 8.83. The summed E-state index contributed by atoms with van der Waals surface area (Å²) in [5, 5.41) is 4.43. The van der Waals surface area contributed by atoms with Gasteiger partial charge in [0, 0.05) is 17.6 Å². The molecule has 2 aliphatic carbocycles. The standard InChI is InChI=1S/C25H27ClFN3O/c1-4-20(21-14-19(27)10-12-23(21)28-3)17-7-5-16(6-8-17)15(2)30-25(31)22-13-18(26)9-11-24(22)29-30/h4,9-17,29H,1,5-8H2,2-3H3/b21-20+,28-23-. The Kier molecular flexibility index (Phi) is 6.15. The second-order valence-electron chi connectivity index (χ2n) is 8.37. The first-order valence-corrected chi connectivity index (χ1v) is 11.1. The minimum Gasteiger partial charge on any atom is -0.295 e. The summed E-state index contributed by atoms with van der Waals surface area (Å²) in [4.78, 5) is 17.2. The molecule has 1 unspecified atom stereocenters. The zero-order chi connectivity index (χ0) is 22.1. The minimum atomic E-state index is -0.262. The lowest BCUT2D eigenvalue weighted by molar-refractivity contribution is 0.220. The molecule has 0 bridgehead atoms. The van der Waals surface area contributed by atoms with Crippen molar-refractivity contribution in [3.05, 3.63) is 81.4 Å². The van der Waals surface area contributed by atoms with E-state index in [0.29, 0.717) is 22.2 Å². The third-order valence-corrected chi connectivity index (χ3v) is 6.94. The van der Waals surface area contributed by atoms with E-state index in [1.807, 2.05) is 12.1 Å². The van der Waals surface area contributed by atoms with Gasteiger partial charge in [-0.05, 0) is 86.4 Å². The Bertz CT molecular complexity index is 1190. The van der Waals surface area contributed by atoms with Crippen molar-refractivity contribution in [1.29, 1.82) is 0 Å². The van der Waals surface area contributed by atoms with E-state index in [2.05, 4.69) is 23.6 Å². The molecule has 162 valence electrons. The maximum Gasteiger partial charge on any atom is 0.274 e. The van der Waals surface area contributed by atoms with E-state index in [-0.39, 0.29) is 17.4 Å². The van der Waals surface area contributed by atoms with Crippen LogP contribution in [0.4, 0.5) is 4.39 Å². The van der Waals surface area contributed by atoms with Gasteiger partial charge in [-0.25, -0.2) is 9.07 Å². The second-order valence-corrected chi connectivity index (χ2v) is 8.81. The Labute approximate surface area is 186 Å². The number of nitrogens with one attached hydrogen (secondary N) is 1. The van der Waals surface area contributed by atoms with Crippen LogP contribution in [0, 0.1) is 11.8 Å². The SMILES string of the molecule is C=C/C(=C1/C=C(F)C=C/C1=N/C)C1CCC(C(C)n2[nH]c3ccc(Cl)cc3c2=O)CC1. The Morgan fingerprint density at radius 2 is 2.06 bits per heavy atom. The van der Waals surface area contributed by atoms with E-state index in [0.717, 1.165) is 48.1 Å². The topological polar surface area (TPSA) is 50.1 Å². The molecule has 1 heterocycles. The molecule has 0 amide bonds. The number of hydrogen-bond acceptors (Lipinski definition) is 2. The van der Waals surface area contributed by atoms with Gasteiger partial charge in [0.25, 0.3) is 5.56 Å². The van der Waals surface area contributed by atoms with Crippen LogP contribution in [0.1, 0.15) is 38.6 Å². The molecule has 31 heavy (non-hydrogen) atoms. The molecule has 1 atom stereocenters. The molecule has 1 saturated carbocycles. The molecule has 6 heteroatoms. The van der Waals surface area contributed by atoms with Gasteiger partial charge in [0.15, 0.2) is 0 Å². The van der Waals surface area contributed by atoms with Crippen LogP contribution in [-0.2, 0) is 0 Å². The van der Waals surface area contributed by atoms with Gasteiger partial charge in [-0.2, -0.15) is 0 Å². The number of nitrogens with zero attached hydrogens (tertiary/aromatic N) is 2. The number of benzene rings is 1. The van der Waals surface area contributed by atoms with E-state index in [9.17, 15) is 9.18 Å². The molecule has 1 fully saturated rings. The molecule has 0 saturated heterocycles. The first-order chi connectivity index (χ1) is 14.9. The van der Waals surface area contributed by atoms with Crippen molar-refractivity contribution in [2.45, 2.75) is 38.6 Å². The average molecular weight is 440 g/mol. The molecule has 2 aliphatic rings. The van der Waals surface area contributed by atoms with Crippen molar-refractivity contribution in [3.8, 4) is 0 Å². The van der Waals surface area contributed by atoms with E-state index in [4.69, 9.17) is 11.6 Å². The molecule has 1 aromatic heterocycles. The van der Waals surface area contributed by atoms with Crippen LogP contribution in [0.5, 0.6) is 0 Å². The molecule has 0 aliphatic heterocycles. The Hall–Kier alpha value is -2.66. The van der Waals surface area contributed by atoms with Crippen molar-refractivity contribution < 1.29 is 4.39 Å². The lowest BCUT2D eigenvalue weighted by atomic mass is 9.74. The molecule has 1 N–H and O–H groups in total. The number of aromatic amines is 1. The Balaban J connectivity index is 1.54. The lowest BCUT2D eigenvalue weighted by Gasteiger charge is -2.33. The number of allylic oxidation sites excluding steroid dienone is 7. The van der Waals surface area contributed by atoms with Gasteiger partial charge in [-0.1, -0.05) is 24.3 Å². The molecule has 0 radical (unpaired) electrons. The number of rotatable bonds is 4. The highest BCUT2D eigenvalue weighted by atomic mass is 35.5. The summed E-state index contributed by atoms with van der Waals surface area (Å²) < 4.78 is 15.7. The van der Waals surface area contributed by atoms with E-state index >= 15 is 0 Å². The lowest BCUT2D eigenvalue weighted by Crippen LogP contribution is -2.29. The normalized spacial score (nSPS) is 25.5. The van der Waals surface area contributed by atoms with Crippen LogP contribution in [0.15, 0.2) is 75.8 Å². The number of H-pyrrole nitrogens is 1. The van der Waals surface area contributed by atoms with Crippen molar-refractivity contribution in [2.24, 2.45) is 16.8 Å². The first kappa shape index (κ1) is 21.6. The maximum atomic E-state index is 13.9. The van der Waals surface area contributed by atoms with Gasteiger partial charge in [0.1, 0.15) is 5.83 Å². The molecule has 4 rings (SSSR count). The molecule has 0 spiro atoms. The summed E-state index contributed by atoms with van der Waals surface area (Å²) in [5.41, 5.74) is 3.45. The van der Waals surface area contributed by atoms with E-state index < -0.39 is 0 Å². The Morgan fingerprint density at radius 1 is 1.32 bits per heavy atom. The zero-order valence-corrected chi connectivity index (χ0v) is 18.6. The molecular formula is C25H27ClFN3O.